The number of hydrogen-bond donors (Lipinski definition) is 2. The van der Waals surface area contributed by atoms with Crippen LogP contribution in [-0.2, 0) is 5.33 Å². The largest absolute Gasteiger partial charge is 0.389 e. The van der Waals surface area contributed by atoms with E-state index in [1.54, 1.807) is 0 Å². The monoisotopic (exact) mass is 322 g/mol. The molecule has 1 rings (SSSR count). The van der Waals surface area contributed by atoms with E-state index in [2.05, 4.69) is 31.9 Å². The van der Waals surface area contributed by atoms with Crippen molar-refractivity contribution in [2.45, 2.75) is 17.5 Å². The molecule has 1 aromatic rings. The summed E-state index contributed by atoms with van der Waals surface area (Å²) in [5.41, 5.74) is 1.89. The molecule has 4 heteroatoms. The van der Waals surface area contributed by atoms with E-state index in [0.717, 1.165) is 16.5 Å². The standard InChI is InChI=1S/C10H12Br2O2/c11-5-7-1-3-8(4-2-7)10(14)9(13)6-12/h1-4,9-10,13-14H,5-6H2. The first-order valence-corrected chi connectivity index (χ1v) is 6.50. The van der Waals surface area contributed by atoms with E-state index < -0.39 is 12.2 Å². The molecule has 0 aliphatic heterocycles. The van der Waals surface area contributed by atoms with Gasteiger partial charge in [-0.25, -0.2) is 0 Å². The minimum absolute atomic E-state index is 0.369. The van der Waals surface area contributed by atoms with E-state index in [1.165, 1.54) is 0 Å². The van der Waals surface area contributed by atoms with Crippen LogP contribution >= 0.6 is 31.9 Å². The van der Waals surface area contributed by atoms with Gasteiger partial charge in [-0.05, 0) is 11.1 Å². The van der Waals surface area contributed by atoms with E-state index >= 15 is 0 Å². The Hall–Kier alpha value is 0.100. The first-order chi connectivity index (χ1) is 6.69. The van der Waals surface area contributed by atoms with Gasteiger partial charge in [0.15, 0.2) is 0 Å². The summed E-state index contributed by atoms with van der Waals surface area (Å²) in [6.07, 6.45) is -1.58. The number of aliphatic hydroxyl groups is 2. The highest BCUT2D eigenvalue weighted by Crippen LogP contribution is 2.19. The summed E-state index contributed by atoms with van der Waals surface area (Å²) in [7, 11) is 0. The molecule has 1 aromatic carbocycles. The molecule has 0 saturated carbocycles. The zero-order valence-electron chi connectivity index (χ0n) is 7.53. The van der Waals surface area contributed by atoms with E-state index in [0.29, 0.717) is 5.33 Å². The molecule has 0 heterocycles. The van der Waals surface area contributed by atoms with Gasteiger partial charge in [-0.3, -0.25) is 0 Å². The Morgan fingerprint density at radius 2 is 1.64 bits per heavy atom. The van der Waals surface area contributed by atoms with Gasteiger partial charge in [0.05, 0.1) is 6.10 Å². The third kappa shape index (κ3) is 3.05. The topological polar surface area (TPSA) is 40.5 Å². The van der Waals surface area contributed by atoms with Gasteiger partial charge in [-0.2, -0.15) is 0 Å². The molecule has 0 amide bonds. The van der Waals surface area contributed by atoms with Gasteiger partial charge in [-0.15, -0.1) is 0 Å². The fourth-order valence-corrected chi connectivity index (χ4v) is 1.84. The third-order valence-electron chi connectivity index (χ3n) is 2.00. The SMILES string of the molecule is OC(CBr)C(O)c1ccc(CBr)cc1. The average Bonchev–Trinajstić information content (AvgIpc) is 2.27. The zero-order chi connectivity index (χ0) is 10.6. The van der Waals surface area contributed by atoms with Crippen LogP contribution in [0.1, 0.15) is 17.2 Å². The summed E-state index contributed by atoms with van der Waals surface area (Å²) in [6, 6.07) is 7.50. The lowest BCUT2D eigenvalue weighted by Gasteiger charge is -2.15. The van der Waals surface area contributed by atoms with E-state index in [1.807, 2.05) is 24.3 Å². The van der Waals surface area contributed by atoms with Gasteiger partial charge < -0.3 is 10.2 Å². The number of hydrogen-bond acceptors (Lipinski definition) is 2. The van der Waals surface area contributed by atoms with Crippen molar-refractivity contribution in [3.8, 4) is 0 Å². The van der Waals surface area contributed by atoms with Crippen molar-refractivity contribution in [1.29, 1.82) is 0 Å². The summed E-state index contributed by atoms with van der Waals surface area (Å²) in [6.45, 7) is 0. The van der Waals surface area contributed by atoms with E-state index in [4.69, 9.17) is 0 Å². The van der Waals surface area contributed by atoms with Crippen molar-refractivity contribution in [3.05, 3.63) is 35.4 Å². The lowest BCUT2D eigenvalue weighted by Crippen LogP contribution is -2.19. The Kier molecular flexibility index (Phi) is 5.09. The Bertz CT molecular complexity index is 274. The molecular formula is C10H12Br2O2. The molecule has 0 bridgehead atoms. The van der Waals surface area contributed by atoms with Crippen molar-refractivity contribution in [2.24, 2.45) is 0 Å². The van der Waals surface area contributed by atoms with E-state index in [9.17, 15) is 10.2 Å². The minimum Gasteiger partial charge on any atom is -0.389 e. The summed E-state index contributed by atoms with van der Waals surface area (Å²) >= 11 is 6.47. The number of aliphatic hydroxyl groups excluding tert-OH is 2. The predicted octanol–water partition coefficient (Wildman–Crippen LogP) is 2.37. The highest BCUT2D eigenvalue weighted by atomic mass is 79.9. The van der Waals surface area contributed by atoms with Gasteiger partial charge >= 0.3 is 0 Å². The highest BCUT2D eigenvalue weighted by molar-refractivity contribution is 9.09. The molecule has 78 valence electrons. The first kappa shape index (κ1) is 12.2. The third-order valence-corrected chi connectivity index (χ3v) is 3.31. The smallest absolute Gasteiger partial charge is 0.106 e. The van der Waals surface area contributed by atoms with Crippen molar-refractivity contribution >= 4 is 31.9 Å². The maximum Gasteiger partial charge on any atom is 0.106 e. The second kappa shape index (κ2) is 5.85. The van der Waals surface area contributed by atoms with Crippen molar-refractivity contribution < 1.29 is 10.2 Å². The van der Waals surface area contributed by atoms with Gasteiger partial charge in [0.25, 0.3) is 0 Å². The van der Waals surface area contributed by atoms with E-state index in [-0.39, 0.29) is 0 Å². The fourth-order valence-electron chi connectivity index (χ4n) is 1.11. The molecule has 0 radical (unpaired) electrons. The second-order valence-corrected chi connectivity index (χ2v) is 4.25. The lowest BCUT2D eigenvalue weighted by atomic mass is 10.0. The van der Waals surface area contributed by atoms with Crippen LogP contribution in [0.3, 0.4) is 0 Å². The maximum atomic E-state index is 9.66. The highest BCUT2D eigenvalue weighted by Gasteiger charge is 2.16. The fraction of sp³-hybridized carbons (Fsp3) is 0.400. The Morgan fingerprint density at radius 3 is 2.07 bits per heavy atom. The molecule has 0 saturated heterocycles. The molecule has 2 N–H and O–H groups in total. The second-order valence-electron chi connectivity index (χ2n) is 3.04. The summed E-state index contributed by atoms with van der Waals surface area (Å²) in [5.74, 6) is 0. The molecule has 2 unspecified atom stereocenters. The average molecular weight is 324 g/mol. The number of benzene rings is 1. The van der Waals surface area contributed by atoms with Gasteiger partial charge in [0.2, 0.25) is 0 Å². The number of rotatable bonds is 4. The summed E-state index contributed by atoms with van der Waals surface area (Å²) in [4.78, 5) is 0. The molecule has 2 nitrogen and oxygen atoms in total. The predicted molar refractivity (Wildman–Crippen MR) is 63.8 cm³/mol. The van der Waals surface area contributed by atoms with Gasteiger partial charge in [0, 0.05) is 10.7 Å². The van der Waals surface area contributed by atoms with Crippen molar-refractivity contribution in [3.63, 3.8) is 0 Å². The van der Waals surface area contributed by atoms with Crippen LogP contribution in [0.15, 0.2) is 24.3 Å². The molecule has 0 aliphatic carbocycles. The molecule has 0 spiro atoms. The minimum atomic E-state index is -0.821. The first-order valence-electron chi connectivity index (χ1n) is 4.26. The van der Waals surface area contributed by atoms with Crippen LogP contribution in [0.4, 0.5) is 0 Å². The molecule has 2 atom stereocenters. The molecule has 0 fully saturated rings. The van der Waals surface area contributed by atoms with Crippen molar-refractivity contribution in [1.82, 2.24) is 0 Å². The van der Waals surface area contributed by atoms with Crippen LogP contribution < -0.4 is 0 Å². The van der Waals surface area contributed by atoms with Crippen LogP contribution in [0, 0.1) is 0 Å². The maximum absolute atomic E-state index is 9.66. The van der Waals surface area contributed by atoms with Crippen LogP contribution in [0.5, 0.6) is 0 Å². The lowest BCUT2D eigenvalue weighted by molar-refractivity contribution is 0.0343. The van der Waals surface area contributed by atoms with Crippen LogP contribution in [0.2, 0.25) is 0 Å². The molecule has 14 heavy (non-hydrogen) atoms. The summed E-state index contributed by atoms with van der Waals surface area (Å²) in [5, 5.41) is 20.2. The van der Waals surface area contributed by atoms with Crippen LogP contribution in [-0.4, -0.2) is 21.6 Å². The van der Waals surface area contributed by atoms with Gasteiger partial charge in [-0.1, -0.05) is 56.1 Å². The molecule has 0 aliphatic rings. The Morgan fingerprint density at radius 1 is 1.07 bits per heavy atom. The van der Waals surface area contributed by atoms with Crippen molar-refractivity contribution in [2.75, 3.05) is 5.33 Å². The van der Waals surface area contributed by atoms with Gasteiger partial charge in [0.1, 0.15) is 6.10 Å². The normalized spacial score (nSPS) is 15.1. The summed E-state index contributed by atoms with van der Waals surface area (Å²) < 4.78 is 0. The Balaban J connectivity index is 2.75. The number of alkyl halides is 2. The zero-order valence-corrected chi connectivity index (χ0v) is 10.7. The molecule has 0 aromatic heterocycles. The number of halogens is 2. The Labute approximate surface area is 100 Å². The molecular weight excluding hydrogens is 312 g/mol. The van der Waals surface area contributed by atoms with Crippen LogP contribution in [0.25, 0.3) is 0 Å². The quantitative estimate of drug-likeness (QED) is 0.835.